The van der Waals surface area contributed by atoms with Gasteiger partial charge < -0.3 is 10.2 Å². The van der Waals surface area contributed by atoms with E-state index in [2.05, 4.69) is 19.2 Å². The molecule has 0 aromatic heterocycles. The SMILES string of the molecule is CC(C)c1ccc(NC(=O)C2CC(=O)N(Cc3ccc(Cl)cc3)C2)cc1. The molecule has 136 valence electrons. The zero-order chi connectivity index (χ0) is 18.7. The van der Waals surface area contributed by atoms with E-state index in [1.54, 1.807) is 4.90 Å². The fourth-order valence-corrected chi connectivity index (χ4v) is 3.23. The van der Waals surface area contributed by atoms with E-state index in [0.29, 0.717) is 24.0 Å². The molecule has 4 nitrogen and oxygen atoms in total. The quantitative estimate of drug-likeness (QED) is 0.845. The summed E-state index contributed by atoms with van der Waals surface area (Å²) in [5, 5.41) is 3.60. The highest BCUT2D eigenvalue weighted by molar-refractivity contribution is 6.30. The van der Waals surface area contributed by atoms with E-state index in [9.17, 15) is 9.59 Å². The normalized spacial score (nSPS) is 17.0. The number of hydrogen-bond donors (Lipinski definition) is 1. The molecule has 0 saturated carbocycles. The highest BCUT2D eigenvalue weighted by Gasteiger charge is 2.34. The van der Waals surface area contributed by atoms with Crippen molar-refractivity contribution in [3.63, 3.8) is 0 Å². The minimum atomic E-state index is -0.320. The standard InChI is InChI=1S/C21H23ClN2O2/c1-14(2)16-5-9-19(10-6-16)23-21(26)17-11-20(25)24(13-17)12-15-3-7-18(22)8-4-15/h3-10,14,17H,11-13H2,1-2H3,(H,23,26). The summed E-state index contributed by atoms with van der Waals surface area (Å²) in [4.78, 5) is 26.5. The van der Waals surface area contributed by atoms with Gasteiger partial charge in [0.25, 0.3) is 0 Å². The fraction of sp³-hybridized carbons (Fsp3) is 0.333. The monoisotopic (exact) mass is 370 g/mol. The molecule has 3 rings (SSSR count). The Kier molecular flexibility index (Phi) is 5.62. The van der Waals surface area contributed by atoms with Crippen molar-refractivity contribution in [1.29, 1.82) is 0 Å². The number of rotatable bonds is 5. The smallest absolute Gasteiger partial charge is 0.229 e. The maximum atomic E-state index is 12.5. The summed E-state index contributed by atoms with van der Waals surface area (Å²) in [7, 11) is 0. The Morgan fingerprint density at radius 1 is 1.15 bits per heavy atom. The van der Waals surface area contributed by atoms with Crippen LogP contribution in [0.25, 0.3) is 0 Å². The first-order valence-corrected chi connectivity index (χ1v) is 9.23. The summed E-state index contributed by atoms with van der Waals surface area (Å²) >= 11 is 5.89. The molecule has 5 heteroatoms. The van der Waals surface area contributed by atoms with Gasteiger partial charge in [-0.3, -0.25) is 9.59 Å². The number of benzene rings is 2. The molecule has 0 aliphatic carbocycles. The van der Waals surface area contributed by atoms with Crippen LogP contribution in [0.15, 0.2) is 48.5 Å². The lowest BCUT2D eigenvalue weighted by molar-refractivity contribution is -0.128. The zero-order valence-corrected chi connectivity index (χ0v) is 15.8. The summed E-state index contributed by atoms with van der Waals surface area (Å²) in [5.74, 6) is 0.0396. The number of amides is 2. The van der Waals surface area contributed by atoms with Crippen LogP contribution in [0.5, 0.6) is 0 Å². The van der Waals surface area contributed by atoms with Crippen molar-refractivity contribution in [2.24, 2.45) is 5.92 Å². The topological polar surface area (TPSA) is 49.4 Å². The van der Waals surface area contributed by atoms with Gasteiger partial charge in [-0.2, -0.15) is 0 Å². The molecule has 1 heterocycles. The van der Waals surface area contributed by atoms with Crippen molar-refractivity contribution < 1.29 is 9.59 Å². The lowest BCUT2D eigenvalue weighted by Gasteiger charge is -2.17. The van der Waals surface area contributed by atoms with E-state index in [4.69, 9.17) is 11.6 Å². The number of carbonyl (C=O) groups is 2. The molecule has 1 N–H and O–H groups in total. The second-order valence-corrected chi connectivity index (χ2v) is 7.50. The van der Waals surface area contributed by atoms with Gasteiger partial charge in [0.1, 0.15) is 0 Å². The minimum Gasteiger partial charge on any atom is -0.338 e. The van der Waals surface area contributed by atoms with Gasteiger partial charge in [-0.25, -0.2) is 0 Å². The molecule has 1 unspecified atom stereocenters. The molecule has 2 amide bonds. The van der Waals surface area contributed by atoms with Gasteiger partial charge in [-0.05, 0) is 41.3 Å². The van der Waals surface area contributed by atoms with E-state index in [1.807, 2.05) is 48.5 Å². The first-order chi connectivity index (χ1) is 12.4. The third kappa shape index (κ3) is 4.44. The van der Waals surface area contributed by atoms with Gasteiger partial charge in [0, 0.05) is 30.2 Å². The fourth-order valence-electron chi connectivity index (χ4n) is 3.11. The van der Waals surface area contributed by atoms with Gasteiger partial charge in [0.2, 0.25) is 11.8 Å². The van der Waals surface area contributed by atoms with Crippen LogP contribution in [0.4, 0.5) is 5.69 Å². The first kappa shape index (κ1) is 18.5. The summed E-state index contributed by atoms with van der Waals surface area (Å²) in [5.41, 5.74) is 3.00. The average molecular weight is 371 g/mol. The van der Waals surface area contributed by atoms with Crippen molar-refractivity contribution in [3.05, 3.63) is 64.7 Å². The number of nitrogens with zero attached hydrogens (tertiary/aromatic N) is 1. The number of anilines is 1. The molecule has 1 saturated heterocycles. The Labute approximate surface area is 159 Å². The van der Waals surface area contributed by atoms with Gasteiger partial charge in [-0.15, -0.1) is 0 Å². The molecule has 1 aliphatic rings. The van der Waals surface area contributed by atoms with Crippen molar-refractivity contribution in [1.82, 2.24) is 4.90 Å². The van der Waals surface area contributed by atoms with Crippen LogP contribution in [-0.4, -0.2) is 23.3 Å². The molecule has 0 radical (unpaired) electrons. The van der Waals surface area contributed by atoms with E-state index >= 15 is 0 Å². The van der Waals surface area contributed by atoms with Crippen LogP contribution in [0.1, 0.15) is 37.3 Å². The van der Waals surface area contributed by atoms with Crippen molar-refractivity contribution >= 4 is 29.1 Å². The molecule has 2 aromatic carbocycles. The second kappa shape index (κ2) is 7.92. The highest BCUT2D eigenvalue weighted by atomic mass is 35.5. The van der Waals surface area contributed by atoms with Crippen molar-refractivity contribution in [3.8, 4) is 0 Å². The maximum Gasteiger partial charge on any atom is 0.229 e. The zero-order valence-electron chi connectivity index (χ0n) is 15.0. The Morgan fingerprint density at radius 3 is 2.42 bits per heavy atom. The molecule has 1 atom stereocenters. The number of carbonyl (C=O) groups excluding carboxylic acids is 2. The number of hydrogen-bond acceptors (Lipinski definition) is 2. The maximum absolute atomic E-state index is 12.5. The first-order valence-electron chi connectivity index (χ1n) is 8.85. The number of nitrogens with one attached hydrogen (secondary N) is 1. The van der Waals surface area contributed by atoms with Crippen LogP contribution >= 0.6 is 11.6 Å². The van der Waals surface area contributed by atoms with Crippen molar-refractivity contribution in [2.75, 3.05) is 11.9 Å². The molecule has 1 aliphatic heterocycles. The summed E-state index contributed by atoms with van der Waals surface area (Å²) in [6, 6.07) is 15.3. The lowest BCUT2D eigenvalue weighted by Crippen LogP contribution is -2.28. The van der Waals surface area contributed by atoms with Crippen LogP contribution in [0.3, 0.4) is 0 Å². The van der Waals surface area contributed by atoms with Gasteiger partial charge >= 0.3 is 0 Å². The van der Waals surface area contributed by atoms with Gasteiger partial charge in [0.05, 0.1) is 5.92 Å². The second-order valence-electron chi connectivity index (χ2n) is 7.07. The molecule has 0 bridgehead atoms. The average Bonchev–Trinajstić information content (AvgIpc) is 2.98. The Balaban J connectivity index is 1.58. The summed E-state index contributed by atoms with van der Waals surface area (Å²) < 4.78 is 0. The number of likely N-dealkylation sites (tertiary alicyclic amines) is 1. The highest BCUT2D eigenvalue weighted by Crippen LogP contribution is 2.23. The van der Waals surface area contributed by atoms with Gasteiger partial charge in [0.15, 0.2) is 0 Å². The summed E-state index contributed by atoms with van der Waals surface area (Å²) in [6.45, 7) is 5.21. The lowest BCUT2D eigenvalue weighted by atomic mass is 10.0. The molecule has 1 fully saturated rings. The largest absolute Gasteiger partial charge is 0.338 e. The Hall–Kier alpha value is -2.33. The molecule has 0 spiro atoms. The molecular weight excluding hydrogens is 348 g/mol. The third-order valence-corrected chi connectivity index (χ3v) is 4.97. The van der Waals surface area contributed by atoms with Crippen molar-refractivity contribution in [2.45, 2.75) is 32.7 Å². The predicted octanol–water partition coefficient (Wildman–Crippen LogP) is 4.45. The summed E-state index contributed by atoms with van der Waals surface area (Å²) in [6.07, 6.45) is 0.253. The molecule has 26 heavy (non-hydrogen) atoms. The number of halogens is 1. The van der Waals surface area contributed by atoms with E-state index in [0.717, 1.165) is 11.3 Å². The van der Waals surface area contributed by atoms with E-state index in [1.165, 1.54) is 5.56 Å². The van der Waals surface area contributed by atoms with Crippen LogP contribution < -0.4 is 5.32 Å². The van der Waals surface area contributed by atoms with E-state index in [-0.39, 0.29) is 24.2 Å². The molecule has 2 aromatic rings. The van der Waals surface area contributed by atoms with Crippen LogP contribution in [-0.2, 0) is 16.1 Å². The third-order valence-electron chi connectivity index (χ3n) is 4.72. The van der Waals surface area contributed by atoms with E-state index < -0.39 is 0 Å². The predicted molar refractivity (Wildman–Crippen MR) is 104 cm³/mol. The van der Waals surface area contributed by atoms with Gasteiger partial charge in [-0.1, -0.05) is 49.7 Å². The minimum absolute atomic E-state index is 0.00950. The Morgan fingerprint density at radius 2 is 1.81 bits per heavy atom. The van der Waals surface area contributed by atoms with Crippen LogP contribution in [0.2, 0.25) is 5.02 Å². The van der Waals surface area contributed by atoms with Crippen LogP contribution in [0, 0.1) is 5.92 Å². The Bertz CT molecular complexity index is 785. The molecular formula is C21H23ClN2O2.